The minimum Gasteiger partial charge on any atom is -0.510 e. The van der Waals surface area contributed by atoms with Crippen LogP contribution in [-0.4, -0.2) is 73.4 Å². The number of carbonyl (C=O) groups is 3. The predicted molar refractivity (Wildman–Crippen MR) is 123 cm³/mol. The molecule has 1 heterocycles. The Morgan fingerprint density at radius 3 is 2.40 bits per heavy atom. The summed E-state index contributed by atoms with van der Waals surface area (Å²) in [5.74, 6) is -5.44. The third kappa shape index (κ3) is 3.06. The van der Waals surface area contributed by atoms with Crippen molar-refractivity contribution in [2.24, 2.45) is 17.6 Å². The van der Waals surface area contributed by atoms with E-state index >= 15 is 0 Å². The number of allylic oxidation sites excluding steroid dienone is 1. The first-order valence-corrected chi connectivity index (χ1v) is 11.1. The maximum absolute atomic E-state index is 13.6. The van der Waals surface area contributed by atoms with Crippen molar-refractivity contribution in [3.8, 4) is 11.4 Å². The molecular formula is C25H24N4O6. The normalized spacial score (nSPS) is 28.1. The Morgan fingerprint density at radius 1 is 1.11 bits per heavy atom. The molecule has 1 amide bonds. The summed E-state index contributed by atoms with van der Waals surface area (Å²) < 4.78 is 0. The van der Waals surface area contributed by atoms with E-state index < -0.39 is 58.0 Å². The molecule has 0 unspecified atom stereocenters. The van der Waals surface area contributed by atoms with E-state index in [4.69, 9.17) is 5.73 Å². The van der Waals surface area contributed by atoms with Crippen LogP contribution in [0.4, 0.5) is 0 Å². The number of nitrogens with two attached hydrogens (primary N) is 1. The molecule has 0 radical (unpaired) electrons. The van der Waals surface area contributed by atoms with Crippen molar-refractivity contribution in [2.75, 3.05) is 14.1 Å². The van der Waals surface area contributed by atoms with Crippen LogP contribution in [0.1, 0.15) is 22.3 Å². The highest BCUT2D eigenvalue weighted by Gasteiger charge is 2.63. The molecule has 35 heavy (non-hydrogen) atoms. The number of likely N-dealkylation sites (N-methyl/N-ethyl adjacent to an activating group) is 1. The molecule has 3 aliphatic carbocycles. The molecule has 180 valence electrons. The number of nitrogens with zero attached hydrogens (tertiary/aromatic N) is 3. The van der Waals surface area contributed by atoms with Crippen molar-refractivity contribution in [3.05, 3.63) is 70.5 Å². The highest BCUT2D eigenvalue weighted by molar-refractivity contribution is 6.24. The van der Waals surface area contributed by atoms with E-state index in [-0.39, 0.29) is 12.0 Å². The van der Waals surface area contributed by atoms with Gasteiger partial charge in [-0.3, -0.25) is 19.3 Å². The van der Waals surface area contributed by atoms with Crippen LogP contribution in [0.3, 0.4) is 0 Å². The highest BCUT2D eigenvalue weighted by Crippen LogP contribution is 2.52. The lowest BCUT2D eigenvalue weighted by molar-refractivity contribution is -0.148. The number of hydrogen-bond acceptors (Lipinski definition) is 9. The van der Waals surface area contributed by atoms with E-state index in [1.54, 1.807) is 49.6 Å². The van der Waals surface area contributed by atoms with Crippen molar-refractivity contribution in [1.82, 2.24) is 14.9 Å². The number of benzene rings is 1. The first-order valence-electron chi connectivity index (χ1n) is 11.1. The minimum absolute atomic E-state index is 0.0709. The number of aliphatic hydroxyl groups is 3. The number of hydrogen-bond donors (Lipinski definition) is 4. The number of primary amides is 1. The fraction of sp³-hybridized carbons (Fsp3) is 0.320. The number of rotatable bonds is 3. The molecule has 0 aliphatic heterocycles. The molecule has 1 aromatic carbocycles. The van der Waals surface area contributed by atoms with Gasteiger partial charge in [0.2, 0.25) is 5.78 Å². The lowest BCUT2D eigenvalue weighted by Crippen LogP contribution is -2.63. The zero-order valence-electron chi connectivity index (χ0n) is 19.1. The first-order chi connectivity index (χ1) is 16.6. The van der Waals surface area contributed by atoms with Gasteiger partial charge in [-0.05, 0) is 44.5 Å². The maximum Gasteiger partial charge on any atom is 0.255 e. The molecule has 0 bridgehead atoms. The molecule has 5 N–H and O–H groups in total. The standard InChI is InChI=1S/C25H24N4O6/c1-29(2)18-15-10-11-9-14-12(5-3-6-13(14)24-27-7-4-8-28-24)19(30)16(11)21(32)25(15,35)22(33)17(20(18)31)23(26)34/h3-8,11,15,18,31-32,35H,9-10H2,1-2H3,(H2,26,34)/t11-,15-,18+,25-/m0/s1. The van der Waals surface area contributed by atoms with Crippen molar-refractivity contribution in [2.45, 2.75) is 24.5 Å². The Balaban J connectivity index is 1.71. The highest BCUT2D eigenvalue weighted by atomic mass is 16.3. The largest absolute Gasteiger partial charge is 0.510 e. The first kappa shape index (κ1) is 22.9. The van der Waals surface area contributed by atoms with Gasteiger partial charge in [-0.1, -0.05) is 18.2 Å². The molecule has 0 spiro atoms. The summed E-state index contributed by atoms with van der Waals surface area (Å²) in [6.07, 6.45) is 3.62. The summed E-state index contributed by atoms with van der Waals surface area (Å²) in [6, 6.07) is 5.80. The third-order valence-corrected chi connectivity index (χ3v) is 7.32. The Hall–Kier alpha value is -3.89. The molecule has 2 aromatic rings. The maximum atomic E-state index is 13.6. The number of amides is 1. The van der Waals surface area contributed by atoms with Gasteiger partial charge in [0.05, 0.1) is 6.04 Å². The molecule has 3 aliphatic rings. The van der Waals surface area contributed by atoms with Crippen LogP contribution in [0.2, 0.25) is 0 Å². The quantitative estimate of drug-likeness (QED) is 0.470. The van der Waals surface area contributed by atoms with E-state index in [1.807, 2.05) is 6.07 Å². The van der Waals surface area contributed by atoms with Gasteiger partial charge in [-0.2, -0.15) is 0 Å². The fourth-order valence-corrected chi connectivity index (χ4v) is 5.83. The Morgan fingerprint density at radius 2 is 1.77 bits per heavy atom. The molecule has 0 saturated carbocycles. The Bertz CT molecular complexity index is 1350. The van der Waals surface area contributed by atoms with Crippen LogP contribution < -0.4 is 5.73 Å². The van der Waals surface area contributed by atoms with E-state index in [0.29, 0.717) is 28.9 Å². The van der Waals surface area contributed by atoms with E-state index in [2.05, 4.69) is 9.97 Å². The Labute approximate surface area is 200 Å². The molecule has 1 aromatic heterocycles. The number of fused-ring (bicyclic) bond motifs is 3. The second kappa shape index (κ2) is 7.82. The monoisotopic (exact) mass is 476 g/mol. The summed E-state index contributed by atoms with van der Waals surface area (Å²) in [4.78, 5) is 49.1. The number of aliphatic hydroxyl groups excluding tert-OH is 2. The molecule has 4 atom stereocenters. The number of Topliss-reactive ketones (excluding diaryl/α,β-unsaturated/α-hetero) is 2. The van der Waals surface area contributed by atoms with Crippen LogP contribution in [0.25, 0.3) is 11.4 Å². The lowest BCUT2D eigenvalue weighted by Gasteiger charge is -2.50. The number of ketones is 2. The molecule has 0 saturated heterocycles. The van der Waals surface area contributed by atoms with Gasteiger partial charge < -0.3 is 21.1 Å². The van der Waals surface area contributed by atoms with Gasteiger partial charge in [0.1, 0.15) is 17.1 Å². The van der Waals surface area contributed by atoms with Gasteiger partial charge in [-0.25, -0.2) is 9.97 Å². The van der Waals surface area contributed by atoms with Gasteiger partial charge in [-0.15, -0.1) is 0 Å². The molecule has 5 rings (SSSR count). The summed E-state index contributed by atoms with van der Waals surface area (Å²) in [6.45, 7) is 0. The second-order valence-corrected chi connectivity index (χ2v) is 9.37. The Kier molecular flexibility index (Phi) is 5.11. The van der Waals surface area contributed by atoms with E-state index in [9.17, 15) is 29.7 Å². The molecule has 10 heteroatoms. The van der Waals surface area contributed by atoms with E-state index in [0.717, 1.165) is 0 Å². The average molecular weight is 476 g/mol. The minimum atomic E-state index is -2.58. The number of aromatic nitrogens is 2. The molecular weight excluding hydrogens is 452 g/mol. The fourth-order valence-electron chi connectivity index (χ4n) is 5.83. The van der Waals surface area contributed by atoms with Gasteiger partial charge in [0.25, 0.3) is 5.91 Å². The van der Waals surface area contributed by atoms with Crippen molar-refractivity contribution >= 4 is 17.5 Å². The SMILES string of the molecule is CN(C)[C@H]1C(O)=C(C(N)=O)C(=O)[C@@]2(O)C(O)=C3C(=O)c4cccc(-c5ncccn5)c4C[C@H]3C[C@@H]12. The third-order valence-electron chi connectivity index (χ3n) is 7.32. The van der Waals surface area contributed by atoms with Crippen molar-refractivity contribution in [3.63, 3.8) is 0 Å². The van der Waals surface area contributed by atoms with Gasteiger partial charge in [0.15, 0.2) is 17.2 Å². The summed E-state index contributed by atoms with van der Waals surface area (Å²) >= 11 is 0. The average Bonchev–Trinajstić information content (AvgIpc) is 2.81. The van der Waals surface area contributed by atoms with Crippen LogP contribution in [-0.2, 0) is 16.0 Å². The summed E-state index contributed by atoms with van der Waals surface area (Å²) in [7, 11) is 3.22. The van der Waals surface area contributed by atoms with Crippen molar-refractivity contribution in [1.29, 1.82) is 0 Å². The zero-order chi connectivity index (χ0) is 25.2. The van der Waals surface area contributed by atoms with Crippen LogP contribution in [0.15, 0.2) is 59.3 Å². The summed E-state index contributed by atoms with van der Waals surface area (Å²) in [5, 5.41) is 33.7. The second-order valence-electron chi connectivity index (χ2n) is 9.37. The topological polar surface area (TPSA) is 167 Å². The lowest BCUT2D eigenvalue weighted by atomic mass is 9.58. The summed E-state index contributed by atoms with van der Waals surface area (Å²) in [5.41, 5.74) is 3.62. The van der Waals surface area contributed by atoms with Crippen LogP contribution in [0, 0.1) is 11.8 Å². The smallest absolute Gasteiger partial charge is 0.255 e. The number of carbonyl (C=O) groups excluding carboxylic acids is 3. The predicted octanol–water partition coefficient (Wildman–Crippen LogP) is 0.872. The molecule has 0 fully saturated rings. The zero-order valence-corrected chi connectivity index (χ0v) is 19.1. The van der Waals surface area contributed by atoms with Crippen molar-refractivity contribution < 1.29 is 29.7 Å². The van der Waals surface area contributed by atoms with Gasteiger partial charge >= 0.3 is 0 Å². The van der Waals surface area contributed by atoms with Gasteiger partial charge in [0, 0.05) is 35.0 Å². The molecule has 10 nitrogen and oxygen atoms in total. The van der Waals surface area contributed by atoms with Crippen LogP contribution in [0.5, 0.6) is 0 Å². The van der Waals surface area contributed by atoms with E-state index in [1.165, 1.54) is 0 Å². The van der Waals surface area contributed by atoms with Crippen LogP contribution >= 0.6 is 0 Å².